The molecule has 1 aromatic rings. The highest BCUT2D eigenvalue weighted by molar-refractivity contribution is 7.99. The molecule has 1 heterocycles. The van der Waals surface area contributed by atoms with Gasteiger partial charge >= 0.3 is 5.69 Å². The summed E-state index contributed by atoms with van der Waals surface area (Å²) < 4.78 is 0. The lowest BCUT2D eigenvalue weighted by atomic mass is 10.2. The van der Waals surface area contributed by atoms with Gasteiger partial charge < -0.3 is 4.90 Å². The number of hydrogen-bond donors (Lipinski definition) is 2. The Morgan fingerprint density at radius 2 is 2.33 bits per heavy atom. The lowest BCUT2D eigenvalue weighted by Crippen LogP contribution is -2.36. The van der Waals surface area contributed by atoms with Crippen molar-refractivity contribution in [3.63, 3.8) is 0 Å². The van der Waals surface area contributed by atoms with E-state index in [9.17, 15) is 9.59 Å². The van der Waals surface area contributed by atoms with Gasteiger partial charge in [0.2, 0.25) is 5.82 Å². The van der Waals surface area contributed by atoms with Crippen LogP contribution in [-0.4, -0.2) is 50.1 Å². The fraction of sp³-hybridized carbons (Fsp3) is 0.727. The minimum atomic E-state index is -0.447. The highest BCUT2D eigenvalue weighted by Crippen LogP contribution is 2.32. The van der Waals surface area contributed by atoms with Gasteiger partial charge in [-0.2, -0.15) is 11.8 Å². The van der Waals surface area contributed by atoms with Crippen molar-refractivity contribution in [3.05, 3.63) is 16.3 Å². The molecule has 2 atom stereocenters. The van der Waals surface area contributed by atoms with Crippen molar-refractivity contribution in [2.24, 2.45) is 0 Å². The van der Waals surface area contributed by atoms with Gasteiger partial charge in [-0.1, -0.05) is 6.92 Å². The molecule has 0 saturated heterocycles. The number of amides is 1. The molecule has 6 nitrogen and oxygen atoms in total. The largest absolute Gasteiger partial charge is 0.341 e. The first-order valence-corrected chi connectivity index (χ1v) is 7.20. The summed E-state index contributed by atoms with van der Waals surface area (Å²) in [6.07, 6.45) is 3.20. The van der Waals surface area contributed by atoms with Crippen LogP contribution in [0, 0.1) is 0 Å². The standard InChI is InChI=1S/C11H18N4O2S/c1-3-18-8-5-4-7(6-8)15(2)10(16)9-12-11(17)14-13-9/h7-8H,3-6H2,1-2H3,(H2,12,13,14,17)/t7-,8+/m1/s1. The Kier molecular flexibility index (Phi) is 4.11. The van der Waals surface area contributed by atoms with Gasteiger partial charge in [-0.25, -0.2) is 9.89 Å². The monoisotopic (exact) mass is 270 g/mol. The van der Waals surface area contributed by atoms with Crippen LogP contribution in [0.1, 0.15) is 36.8 Å². The molecule has 1 saturated carbocycles. The number of rotatable bonds is 4. The maximum absolute atomic E-state index is 12.1. The highest BCUT2D eigenvalue weighted by Gasteiger charge is 2.31. The van der Waals surface area contributed by atoms with Gasteiger partial charge in [-0.3, -0.25) is 9.78 Å². The third-order valence-electron chi connectivity index (χ3n) is 3.33. The second-order valence-corrected chi connectivity index (χ2v) is 6.06. The van der Waals surface area contributed by atoms with Gasteiger partial charge in [-0.15, -0.1) is 5.10 Å². The Bertz CT molecular complexity index is 470. The smallest absolute Gasteiger partial charge is 0.336 e. The van der Waals surface area contributed by atoms with Crippen molar-refractivity contribution in [1.29, 1.82) is 0 Å². The first-order chi connectivity index (χ1) is 8.61. The van der Waals surface area contributed by atoms with E-state index >= 15 is 0 Å². The predicted octanol–water partition coefficient (Wildman–Crippen LogP) is 0.844. The Hall–Kier alpha value is -1.24. The molecule has 0 radical (unpaired) electrons. The zero-order valence-corrected chi connectivity index (χ0v) is 11.4. The van der Waals surface area contributed by atoms with E-state index in [1.54, 1.807) is 11.9 Å². The number of hydrogen-bond acceptors (Lipinski definition) is 4. The molecule has 0 unspecified atom stereocenters. The molecule has 1 amide bonds. The molecule has 100 valence electrons. The van der Waals surface area contributed by atoms with Crippen LogP contribution in [0.2, 0.25) is 0 Å². The molecule has 2 N–H and O–H groups in total. The molecule has 0 spiro atoms. The van der Waals surface area contributed by atoms with E-state index in [1.807, 2.05) is 11.8 Å². The number of carbonyl (C=O) groups is 1. The van der Waals surface area contributed by atoms with Crippen LogP contribution < -0.4 is 5.69 Å². The van der Waals surface area contributed by atoms with Gasteiger partial charge in [0, 0.05) is 18.3 Å². The van der Waals surface area contributed by atoms with Crippen molar-refractivity contribution in [2.45, 2.75) is 37.5 Å². The van der Waals surface area contributed by atoms with Crippen LogP contribution in [0.4, 0.5) is 0 Å². The molecule has 1 aromatic heterocycles. The molecule has 0 bridgehead atoms. The quantitative estimate of drug-likeness (QED) is 0.849. The van der Waals surface area contributed by atoms with Crippen molar-refractivity contribution >= 4 is 17.7 Å². The molecular formula is C11H18N4O2S. The summed E-state index contributed by atoms with van der Waals surface area (Å²) in [7, 11) is 1.78. The van der Waals surface area contributed by atoms with Crippen LogP contribution in [-0.2, 0) is 0 Å². The number of aromatic amines is 2. The van der Waals surface area contributed by atoms with E-state index < -0.39 is 5.69 Å². The number of carbonyl (C=O) groups excluding carboxylic acids is 1. The minimum Gasteiger partial charge on any atom is -0.336 e. The normalized spacial score (nSPS) is 23.2. The predicted molar refractivity (Wildman–Crippen MR) is 70.9 cm³/mol. The van der Waals surface area contributed by atoms with Crippen molar-refractivity contribution in [2.75, 3.05) is 12.8 Å². The third kappa shape index (κ3) is 2.77. The average Bonchev–Trinajstić information content (AvgIpc) is 2.97. The highest BCUT2D eigenvalue weighted by atomic mass is 32.2. The van der Waals surface area contributed by atoms with Crippen molar-refractivity contribution in [3.8, 4) is 0 Å². The first-order valence-electron chi connectivity index (χ1n) is 6.15. The van der Waals surface area contributed by atoms with Crippen LogP contribution in [0.25, 0.3) is 0 Å². The van der Waals surface area contributed by atoms with Gasteiger partial charge in [0.25, 0.3) is 5.91 Å². The molecule has 1 aliphatic carbocycles. The number of nitrogens with zero attached hydrogens (tertiary/aromatic N) is 2. The maximum Gasteiger partial charge on any atom is 0.341 e. The molecule has 1 aliphatic rings. The van der Waals surface area contributed by atoms with E-state index in [0.29, 0.717) is 5.25 Å². The third-order valence-corrected chi connectivity index (χ3v) is 4.56. The molecule has 18 heavy (non-hydrogen) atoms. The zero-order chi connectivity index (χ0) is 13.1. The summed E-state index contributed by atoms with van der Waals surface area (Å²) in [4.78, 5) is 27.1. The van der Waals surface area contributed by atoms with Crippen molar-refractivity contribution in [1.82, 2.24) is 20.1 Å². The summed E-state index contributed by atoms with van der Waals surface area (Å²) in [5.41, 5.74) is -0.447. The molecule has 0 aromatic carbocycles. The molecule has 2 rings (SSSR count). The molecule has 1 fully saturated rings. The van der Waals surface area contributed by atoms with E-state index in [2.05, 4.69) is 22.1 Å². The van der Waals surface area contributed by atoms with Gasteiger partial charge in [0.05, 0.1) is 0 Å². The SMILES string of the molecule is CCS[C@H]1CC[C@@H](N(C)C(=O)c2n[nH]c(=O)[nH]2)C1. The van der Waals surface area contributed by atoms with E-state index in [1.165, 1.54) is 0 Å². The number of thioether (sulfide) groups is 1. The summed E-state index contributed by atoms with van der Waals surface area (Å²) in [5, 5.41) is 6.53. The summed E-state index contributed by atoms with van der Waals surface area (Å²) in [6.45, 7) is 2.15. The zero-order valence-electron chi connectivity index (χ0n) is 10.6. The fourth-order valence-electron chi connectivity index (χ4n) is 2.36. The number of aromatic nitrogens is 3. The molecular weight excluding hydrogens is 252 g/mol. The average molecular weight is 270 g/mol. The van der Waals surface area contributed by atoms with Crippen LogP contribution >= 0.6 is 11.8 Å². The van der Waals surface area contributed by atoms with Gasteiger partial charge in [0.15, 0.2) is 0 Å². The summed E-state index contributed by atoms with van der Waals surface area (Å²) in [6, 6.07) is 0.252. The second kappa shape index (κ2) is 5.60. The van der Waals surface area contributed by atoms with E-state index in [-0.39, 0.29) is 17.8 Å². The van der Waals surface area contributed by atoms with E-state index in [4.69, 9.17) is 0 Å². The Balaban J connectivity index is 1.97. The summed E-state index contributed by atoms with van der Waals surface area (Å²) >= 11 is 1.95. The first kappa shape index (κ1) is 13.2. The Morgan fingerprint density at radius 1 is 1.56 bits per heavy atom. The maximum atomic E-state index is 12.1. The second-order valence-electron chi connectivity index (χ2n) is 4.49. The van der Waals surface area contributed by atoms with Crippen LogP contribution in [0.5, 0.6) is 0 Å². The Morgan fingerprint density at radius 3 is 2.94 bits per heavy atom. The topological polar surface area (TPSA) is 81.8 Å². The van der Waals surface area contributed by atoms with Crippen LogP contribution in [0.3, 0.4) is 0 Å². The fourth-order valence-corrected chi connectivity index (χ4v) is 3.49. The number of nitrogens with one attached hydrogen (secondary N) is 2. The molecule has 7 heteroatoms. The van der Waals surface area contributed by atoms with Gasteiger partial charge in [0.1, 0.15) is 0 Å². The lowest BCUT2D eigenvalue weighted by Gasteiger charge is -2.23. The summed E-state index contributed by atoms with van der Waals surface area (Å²) in [5.74, 6) is 0.983. The van der Waals surface area contributed by atoms with Crippen molar-refractivity contribution < 1.29 is 4.79 Å². The van der Waals surface area contributed by atoms with E-state index in [0.717, 1.165) is 25.0 Å². The number of H-pyrrole nitrogens is 2. The van der Waals surface area contributed by atoms with Gasteiger partial charge in [-0.05, 0) is 25.0 Å². The Labute approximate surface area is 110 Å². The molecule has 0 aliphatic heterocycles. The van der Waals surface area contributed by atoms with Crippen LogP contribution in [0.15, 0.2) is 4.79 Å². The lowest BCUT2D eigenvalue weighted by molar-refractivity contribution is 0.0723. The minimum absolute atomic E-state index is 0.0918.